The van der Waals surface area contributed by atoms with Gasteiger partial charge in [0.1, 0.15) is 5.54 Å². The van der Waals surface area contributed by atoms with Crippen molar-refractivity contribution in [1.29, 1.82) is 0 Å². The van der Waals surface area contributed by atoms with Gasteiger partial charge in [0.25, 0.3) is 5.91 Å². The third kappa shape index (κ3) is 3.57. The largest absolute Gasteiger partial charge is 0.479 e. The maximum absolute atomic E-state index is 12.2. The Morgan fingerprint density at radius 3 is 2.45 bits per heavy atom. The van der Waals surface area contributed by atoms with Crippen LogP contribution in [0.3, 0.4) is 0 Å². The molecule has 1 unspecified atom stereocenters. The summed E-state index contributed by atoms with van der Waals surface area (Å²) in [6.45, 7) is 1.73. The van der Waals surface area contributed by atoms with Gasteiger partial charge in [0.05, 0.1) is 6.26 Å². The minimum atomic E-state index is -1.38. The van der Waals surface area contributed by atoms with E-state index in [1.54, 1.807) is 13.0 Å². The molecule has 0 saturated carbocycles. The van der Waals surface area contributed by atoms with E-state index in [0.717, 1.165) is 10.0 Å². The lowest BCUT2D eigenvalue weighted by Crippen LogP contribution is -2.55. The highest BCUT2D eigenvalue weighted by Gasteiger charge is 2.39. The van der Waals surface area contributed by atoms with E-state index >= 15 is 0 Å². The van der Waals surface area contributed by atoms with Crippen LogP contribution < -0.4 is 5.32 Å². The van der Waals surface area contributed by atoms with Gasteiger partial charge in [-0.15, -0.1) is 0 Å². The lowest BCUT2D eigenvalue weighted by Gasteiger charge is -2.29. The number of hydrogen-bond donors (Lipinski definition) is 2. The third-order valence-corrected chi connectivity index (χ3v) is 4.06. The second-order valence-electron chi connectivity index (χ2n) is 4.98. The van der Waals surface area contributed by atoms with Crippen LogP contribution >= 0.6 is 15.9 Å². The molecule has 116 valence electrons. The van der Waals surface area contributed by atoms with Gasteiger partial charge in [-0.3, -0.25) is 4.79 Å². The fourth-order valence-corrected chi connectivity index (χ4v) is 2.44. The molecule has 1 amide bonds. The Bertz CT molecular complexity index is 651. The lowest BCUT2D eigenvalue weighted by atomic mass is 9.88. The highest BCUT2D eigenvalue weighted by Crippen LogP contribution is 2.21. The van der Waals surface area contributed by atoms with E-state index in [0.29, 0.717) is 0 Å². The topological polar surface area (TPSA) is 79.5 Å². The summed E-state index contributed by atoms with van der Waals surface area (Å²) in [4.78, 5) is 23.9. The van der Waals surface area contributed by atoms with Gasteiger partial charge >= 0.3 is 5.97 Å². The Kier molecular flexibility index (Phi) is 5.03. The molecule has 1 atom stereocenters. The molecule has 1 aromatic heterocycles. The van der Waals surface area contributed by atoms with Crippen molar-refractivity contribution >= 4 is 27.8 Å². The summed E-state index contributed by atoms with van der Waals surface area (Å²) in [5, 5.41) is 12.2. The van der Waals surface area contributed by atoms with Gasteiger partial charge in [0, 0.05) is 10.9 Å². The summed E-state index contributed by atoms with van der Waals surface area (Å²) in [6, 6.07) is 10.4. The molecular formula is C16H16BrNO4. The highest BCUT2D eigenvalue weighted by molar-refractivity contribution is 9.10. The van der Waals surface area contributed by atoms with E-state index in [2.05, 4.69) is 21.2 Å². The van der Waals surface area contributed by atoms with Crippen LogP contribution in [0.5, 0.6) is 0 Å². The van der Waals surface area contributed by atoms with Crippen LogP contribution in [0, 0.1) is 0 Å². The highest BCUT2D eigenvalue weighted by atomic mass is 79.9. The number of benzene rings is 1. The second-order valence-corrected chi connectivity index (χ2v) is 5.89. The fraction of sp³-hybridized carbons (Fsp3) is 0.250. The number of carbonyl (C=O) groups excluding carboxylic acids is 1. The third-order valence-electron chi connectivity index (χ3n) is 3.53. The van der Waals surface area contributed by atoms with Gasteiger partial charge in [0.15, 0.2) is 5.76 Å². The van der Waals surface area contributed by atoms with Crippen molar-refractivity contribution in [2.75, 3.05) is 0 Å². The lowest BCUT2D eigenvalue weighted by molar-refractivity contribution is -0.144. The van der Waals surface area contributed by atoms with Gasteiger partial charge in [-0.1, -0.05) is 35.0 Å². The number of carbonyl (C=O) groups is 2. The predicted molar refractivity (Wildman–Crippen MR) is 84.7 cm³/mol. The van der Waals surface area contributed by atoms with E-state index in [-0.39, 0.29) is 18.6 Å². The number of amides is 1. The first-order valence-electron chi connectivity index (χ1n) is 6.81. The molecule has 2 aromatic rings. The zero-order valence-electron chi connectivity index (χ0n) is 12.0. The van der Waals surface area contributed by atoms with E-state index < -0.39 is 17.4 Å². The van der Waals surface area contributed by atoms with Crippen molar-refractivity contribution in [3.05, 3.63) is 58.5 Å². The summed E-state index contributed by atoms with van der Waals surface area (Å²) in [6.07, 6.45) is 1.82. The number of hydrogen-bond acceptors (Lipinski definition) is 3. The van der Waals surface area contributed by atoms with Crippen LogP contribution in [0.2, 0.25) is 0 Å². The second kappa shape index (κ2) is 6.79. The number of halogens is 1. The smallest absolute Gasteiger partial charge is 0.329 e. The molecule has 0 aliphatic carbocycles. The summed E-state index contributed by atoms with van der Waals surface area (Å²) >= 11 is 3.34. The number of aliphatic carboxylic acids is 1. The Hall–Kier alpha value is -2.08. The number of carboxylic acids is 1. The molecule has 6 heteroatoms. The first-order chi connectivity index (χ1) is 10.5. The molecule has 0 aliphatic heterocycles. The van der Waals surface area contributed by atoms with E-state index in [1.165, 1.54) is 12.3 Å². The Balaban J connectivity index is 2.25. The van der Waals surface area contributed by atoms with Crippen LogP contribution in [-0.2, 0) is 11.2 Å². The number of nitrogens with one attached hydrogen (secondary N) is 1. The average molecular weight is 366 g/mol. The molecule has 2 N–H and O–H groups in total. The quantitative estimate of drug-likeness (QED) is 0.823. The number of furan rings is 1. The van der Waals surface area contributed by atoms with Crippen LogP contribution in [0.4, 0.5) is 0 Å². The van der Waals surface area contributed by atoms with E-state index in [4.69, 9.17) is 4.42 Å². The summed E-state index contributed by atoms with van der Waals surface area (Å²) < 4.78 is 5.93. The summed E-state index contributed by atoms with van der Waals surface area (Å²) in [5.74, 6) is -1.51. The molecule has 5 nitrogen and oxygen atoms in total. The van der Waals surface area contributed by atoms with E-state index in [1.807, 2.05) is 24.3 Å². The maximum Gasteiger partial charge on any atom is 0.329 e. The monoisotopic (exact) mass is 365 g/mol. The zero-order chi connectivity index (χ0) is 16.2. The van der Waals surface area contributed by atoms with Crippen LogP contribution in [0.25, 0.3) is 0 Å². The summed E-state index contributed by atoms with van der Waals surface area (Å²) in [5.41, 5.74) is -0.551. The molecule has 1 heterocycles. The Labute approximate surface area is 136 Å². The molecular weight excluding hydrogens is 350 g/mol. The van der Waals surface area contributed by atoms with Crippen LogP contribution in [0.1, 0.15) is 29.5 Å². The van der Waals surface area contributed by atoms with Crippen molar-refractivity contribution in [2.45, 2.75) is 25.3 Å². The Morgan fingerprint density at radius 1 is 1.27 bits per heavy atom. The van der Waals surface area contributed by atoms with Gasteiger partial charge in [-0.2, -0.15) is 0 Å². The van der Waals surface area contributed by atoms with E-state index in [9.17, 15) is 14.7 Å². The molecule has 0 fully saturated rings. The maximum atomic E-state index is 12.2. The molecule has 0 spiro atoms. The van der Waals surface area contributed by atoms with Gasteiger partial charge in [-0.05, 0) is 36.2 Å². The first-order valence-corrected chi connectivity index (χ1v) is 7.60. The molecule has 1 aromatic carbocycles. The average Bonchev–Trinajstić information content (AvgIpc) is 3.03. The number of carboxylic acid groups (broad SMARTS) is 1. The first kappa shape index (κ1) is 16.3. The zero-order valence-corrected chi connectivity index (χ0v) is 13.6. The van der Waals surface area contributed by atoms with Crippen molar-refractivity contribution in [2.24, 2.45) is 0 Å². The molecule has 0 aliphatic rings. The molecule has 22 heavy (non-hydrogen) atoms. The van der Waals surface area contributed by atoms with Crippen molar-refractivity contribution in [3.8, 4) is 0 Å². The van der Waals surface area contributed by atoms with Crippen LogP contribution in [-0.4, -0.2) is 22.5 Å². The molecule has 0 saturated heterocycles. The SMILES string of the molecule is CCC(Cc1ccc(Br)cc1)(NC(=O)c1ccco1)C(=O)O. The Morgan fingerprint density at radius 2 is 1.95 bits per heavy atom. The van der Waals surface area contributed by atoms with Crippen molar-refractivity contribution in [1.82, 2.24) is 5.32 Å². The standard InChI is InChI=1S/C16H16BrNO4/c1-2-16(15(20)21,10-11-5-7-12(17)8-6-11)18-14(19)13-4-3-9-22-13/h3-9H,2,10H2,1H3,(H,18,19)(H,20,21). The molecule has 2 rings (SSSR count). The normalized spacial score (nSPS) is 13.4. The van der Waals surface area contributed by atoms with Gasteiger partial charge in [-0.25, -0.2) is 4.79 Å². The van der Waals surface area contributed by atoms with Crippen molar-refractivity contribution < 1.29 is 19.1 Å². The number of rotatable bonds is 6. The molecule has 0 bridgehead atoms. The minimum Gasteiger partial charge on any atom is -0.479 e. The predicted octanol–water partition coefficient (Wildman–Crippen LogP) is 3.25. The van der Waals surface area contributed by atoms with Gasteiger partial charge in [0.2, 0.25) is 0 Å². The fourth-order valence-electron chi connectivity index (χ4n) is 2.18. The molecule has 0 radical (unpaired) electrons. The summed E-state index contributed by atoms with van der Waals surface area (Å²) in [7, 11) is 0. The van der Waals surface area contributed by atoms with Crippen LogP contribution in [0.15, 0.2) is 51.6 Å². The van der Waals surface area contributed by atoms with Crippen molar-refractivity contribution in [3.63, 3.8) is 0 Å². The minimum absolute atomic E-state index is 0.0925. The van der Waals surface area contributed by atoms with Gasteiger partial charge < -0.3 is 14.8 Å².